The maximum absolute atomic E-state index is 11.3. The van der Waals surface area contributed by atoms with Gasteiger partial charge in [0.1, 0.15) is 6.61 Å². The van der Waals surface area contributed by atoms with E-state index in [9.17, 15) is 4.79 Å². The summed E-state index contributed by atoms with van der Waals surface area (Å²) in [7, 11) is 0. The minimum atomic E-state index is -0.582. The van der Waals surface area contributed by atoms with Crippen LogP contribution in [0.3, 0.4) is 0 Å². The van der Waals surface area contributed by atoms with Gasteiger partial charge in [0.05, 0.1) is 11.5 Å². The van der Waals surface area contributed by atoms with E-state index in [1.165, 1.54) is 0 Å². The molecule has 0 aromatic rings. The van der Waals surface area contributed by atoms with Gasteiger partial charge in [-0.3, -0.25) is 4.79 Å². The van der Waals surface area contributed by atoms with Crippen molar-refractivity contribution in [3.05, 3.63) is 0 Å². The van der Waals surface area contributed by atoms with Crippen LogP contribution in [0, 0.1) is 5.41 Å². The van der Waals surface area contributed by atoms with Crippen LogP contribution in [0.2, 0.25) is 0 Å². The lowest BCUT2D eigenvalue weighted by Gasteiger charge is -2.20. The van der Waals surface area contributed by atoms with Crippen LogP contribution in [-0.2, 0) is 9.53 Å². The van der Waals surface area contributed by atoms with Crippen molar-refractivity contribution in [3.63, 3.8) is 0 Å². The highest BCUT2D eigenvalue weighted by Crippen LogP contribution is 2.21. The van der Waals surface area contributed by atoms with Crippen molar-refractivity contribution in [1.29, 1.82) is 0 Å². The molecule has 0 rings (SSSR count). The van der Waals surface area contributed by atoms with Gasteiger partial charge in [0.2, 0.25) is 0 Å². The number of carbonyl (C=O) groups excluding carboxylic acids is 1. The number of hydrogen-bond donors (Lipinski definition) is 1. The summed E-state index contributed by atoms with van der Waals surface area (Å²) in [6, 6.07) is 0. The Labute approximate surface area is 73.7 Å². The Morgan fingerprint density at radius 2 is 2.08 bits per heavy atom. The minimum Gasteiger partial charge on any atom is -0.463 e. The smallest absolute Gasteiger partial charge is 0.311 e. The van der Waals surface area contributed by atoms with Crippen molar-refractivity contribution >= 4 is 5.97 Å². The van der Waals surface area contributed by atoms with E-state index in [0.29, 0.717) is 0 Å². The van der Waals surface area contributed by atoms with Crippen LogP contribution in [0.25, 0.3) is 0 Å². The number of aliphatic hydroxyl groups excluding tert-OH is 1. The van der Waals surface area contributed by atoms with E-state index >= 15 is 0 Å². The molecule has 72 valence electrons. The second-order valence-electron chi connectivity index (χ2n) is 3.68. The zero-order chi connectivity index (χ0) is 9.78. The number of ether oxygens (including phenoxy) is 1. The normalized spacial score (nSPS) is 14.1. The average Bonchev–Trinajstić information content (AvgIpc) is 2.00. The number of esters is 1. The minimum absolute atomic E-state index is 0.0856. The summed E-state index contributed by atoms with van der Waals surface area (Å²) in [5, 5.41) is 8.86. The summed E-state index contributed by atoms with van der Waals surface area (Å²) in [4.78, 5) is 11.3. The van der Waals surface area contributed by atoms with Crippen molar-refractivity contribution in [2.75, 3.05) is 6.61 Å². The van der Waals surface area contributed by atoms with Crippen molar-refractivity contribution < 1.29 is 14.6 Å². The Morgan fingerprint density at radius 1 is 1.58 bits per heavy atom. The van der Waals surface area contributed by atoms with Crippen molar-refractivity contribution in [2.24, 2.45) is 5.41 Å². The molecule has 0 radical (unpaired) electrons. The quantitative estimate of drug-likeness (QED) is 0.654. The van der Waals surface area contributed by atoms with E-state index < -0.39 is 11.5 Å². The summed E-state index contributed by atoms with van der Waals surface area (Å²) < 4.78 is 4.87. The molecule has 12 heavy (non-hydrogen) atoms. The van der Waals surface area contributed by atoms with E-state index in [1.807, 2.05) is 20.8 Å². The van der Waals surface area contributed by atoms with E-state index in [1.54, 1.807) is 6.92 Å². The maximum Gasteiger partial charge on any atom is 0.311 e. The lowest BCUT2D eigenvalue weighted by atomic mass is 9.91. The van der Waals surface area contributed by atoms with Gasteiger partial charge >= 0.3 is 5.97 Å². The van der Waals surface area contributed by atoms with Gasteiger partial charge in [-0.05, 0) is 27.2 Å². The van der Waals surface area contributed by atoms with Crippen LogP contribution >= 0.6 is 0 Å². The third-order valence-corrected chi connectivity index (χ3v) is 1.89. The highest BCUT2D eigenvalue weighted by molar-refractivity contribution is 5.75. The third-order valence-electron chi connectivity index (χ3n) is 1.89. The van der Waals surface area contributed by atoms with Gasteiger partial charge in [0, 0.05) is 0 Å². The van der Waals surface area contributed by atoms with Crippen molar-refractivity contribution in [3.8, 4) is 0 Å². The number of aliphatic hydroxyl groups is 1. The van der Waals surface area contributed by atoms with Crippen molar-refractivity contribution in [1.82, 2.24) is 0 Å². The Morgan fingerprint density at radius 3 is 2.42 bits per heavy atom. The van der Waals surface area contributed by atoms with E-state index in [2.05, 4.69) is 0 Å². The lowest BCUT2D eigenvalue weighted by molar-refractivity contribution is -0.156. The molecule has 0 fully saturated rings. The zero-order valence-electron chi connectivity index (χ0n) is 8.26. The molecule has 0 aromatic heterocycles. The summed E-state index contributed by atoms with van der Waals surface area (Å²) in [6.45, 7) is 7.27. The fourth-order valence-electron chi connectivity index (χ4n) is 0.536. The highest BCUT2D eigenvalue weighted by atomic mass is 16.5. The summed E-state index contributed by atoms with van der Waals surface area (Å²) in [5.74, 6) is -0.245. The number of rotatable bonds is 4. The molecule has 3 heteroatoms. The lowest BCUT2D eigenvalue weighted by Crippen LogP contribution is -2.28. The van der Waals surface area contributed by atoms with Gasteiger partial charge in [-0.25, -0.2) is 0 Å². The maximum atomic E-state index is 11.3. The van der Waals surface area contributed by atoms with E-state index in [4.69, 9.17) is 9.84 Å². The van der Waals surface area contributed by atoms with Crippen LogP contribution in [0.1, 0.15) is 34.1 Å². The molecule has 3 nitrogen and oxygen atoms in total. The molecule has 0 aliphatic heterocycles. The molecule has 0 spiro atoms. The predicted octanol–water partition coefficient (Wildman–Crippen LogP) is 1.35. The Hall–Kier alpha value is -0.570. The Kier molecular flexibility index (Phi) is 4.24. The molecule has 0 aliphatic rings. The first-order valence-corrected chi connectivity index (χ1v) is 4.25. The van der Waals surface area contributed by atoms with Gasteiger partial charge in [-0.1, -0.05) is 6.92 Å². The van der Waals surface area contributed by atoms with Gasteiger partial charge in [0.25, 0.3) is 0 Å². The molecule has 0 bridgehead atoms. The molecule has 0 aromatic carbocycles. The van der Waals surface area contributed by atoms with Gasteiger partial charge < -0.3 is 9.84 Å². The highest BCUT2D eigenvalue weighted by Gasteiger charge is 2.27. The van der Waals surface area contributed by atoms with Crippen molar-refractivity contribution in [2.45, 2.75) is 40.2 Å². The fraction of sp³-hybridized carbons (Fsp3) is 0.889. The summed E-state index contributed by atoms with van der Waals surface area (Å²) in [6.07, 6.45) is 0.160. The monoisotopic (exact) mass is 174 g/mol. The Balaban J connectivity index is 3.88. The molecule has 0 saturated heterocycles. The standard InChI is InChI=1S/C9H18O3/c1-5-9(3,4)8(11)12-6-7(2)10/h7,10H,5-6H2,1-4H3. The average molecular weight is 174 g/mol. The van der Waals surface area contributed by atoms with Crippen LogP contribution in [0.5, 0.6) is 0 Å². The van der Waals surface area contributed by atoms with Crippen LogP contribution < -0.4 is 0 Å². The first-order valence-electron chi connectivity index (χ1n) is 4.25. The second kappa shape index (κ2) is 4.45. The number of hydrogen-bond acceptors (Lipinski definition) is 3. The van der Waals surface area contributed by atoms with Gasteiger partial charge in [-0.2, -0.15) is 0 Å². The first kappa shape index (κ1) is 11.4. The van der Waals surface area contributed by atoms with Gasteiger partial charge in [0.15, 0.2) is 0 Å². The van der Waals surface area contributed by atoms with Crippen LogP contribution in [-0.4, -0.2) is 23.8 Å². The Bertz CT molecular complexity index is 150. The molecule has 1 N–H and O–H groups in total. The zero-order valence-corrected chi connectivity index (χ0v) is 8.26. The molecule has 0 heterocycles. The van der Waals surface area contributed by atoms with Gasteiger partial charge in [-0.15, -0.1) is 0 Å². The third kappa shape index (κ3) is 3.72. The largest absolute Gasteiger partial charge is 0.463 e. The predicted molar refractivity (Wildman–Crippen MR) is 46.7 cm³/mol. The topological polar surface area (TPSA) is 46.5 Å². The molecule has 0 saturated carbocycles. The summed E-state index contributed by atoms with van der Waals surface area (Å²) >= 11 is 0. The molecule has 0 amide bonds. The molecule has 1 unspecified atom stereocenters. The SMILES string of the molecule is CCC(C)(C)C(=O)OCC(C)O. The van der Waals surface area contributed by atoms with Crippen LogP contribution in [0.15, 0.2) is 0 Å². The molecular formula is C9H18O3. The van der Waals surface area contributed by atoms with E-state index in [-0.39, 0.29) is 12.6 Å². The fourth-order valence-corrected chi connectivity index (χ4v) is 0.536. The van der Waals surface area contributed by atoms with Crippen LogP contribution in [0.4, 0.5) is 0 Å². The van der Waals surface area contributed by atoms with E-state index in [0.717, 1.165) is 6.42 Å². The number of carbonyl (C=O) groups is 1. The first-order chi connectivity index (χ1) is 5.40. The molecule has 1 atom stereocenters. The molecule has 0 aliphatic carbocycles. The molecular weight excluding hydrogens is 156 g/mol. The second-order valence-corrected chi connectivity index (χ2v) is 3.68. The summed E-state index contributed by atoms with van der Waals surface area (Å²) in [5.41, 5.74) is -0.436.